The van der Waals surface area contributed by atoms with Gasteiger partial charge in [0.15, 0.2) is 11.6 Å². The third kappa shape index (κ3) is 2.15. The van der Waals surface area contributed by atoms with Crippen molar-refractivity contribution in [1.82, 2.24) is 0 Å². The van der Waals surface area contributed by atoms with Crippen molar-refractivity contribution >= 4 is 41.1 Å². The van der Waals surface area contributed by atoms with E-state index in [4.69, 9.17) is 0 Å². The maximum atomic E-state index is 12.3. The van der Waals surface area contributed by atoms with Crippen LogP contribution in [0, 0.1) is 0 Å². The Morgan fingerprint density at radius 2 is 1.60 bits per heavy atom. The van der Waals surface area contributed by atoms with Crippen LogP contribution in [0.4, 0.5) is 4.39 Å². The molecule has 0 aromatic rings. The van der Waals surface area contributed by atoms with E-state index in [2.05, 4.69) is 0 Å². The van der Waals surface area contributed by atoms with Crippen LogP contribution in [0.2, 0.25) is 0 Å². The first-order valence-corrected chi connectivity index (χ1v) is 2.91. The summed E-state index contributed by atoms with van der Waals surface area (Å²) in [4.78, 5) is 20.8. The summed E-state index contributed by atoms with van der Waals surface area (Å²) in [6.07, 6.45) is -0.823. The Balaban J connectivity index is 0.000000810. The molecule has 0 radical (unpaired) electrons. The van der Waals surface area contributed by atoms with E-state index in [1.807, 2.05) is 0 Å². The molecule has 2 nitrogen and oxygen atoms in total. The van der Waals surface area contributed by atoms with Crippen molar-refractivity contribution in [3.8, 4) is 0 Å². The van der Waals surface area contributed by atoms with Gasteiger partial charge in [-0.15, -0.1) is 0 Å². The Morgan fingerprint density at radius 1 is 1.20 bits per heavy atom. The molecule has 0 heterocycles. The Hall–Kier alpha value is 0.270. The SMILES string of the molecule is O=C1CCCC(=O)C1F.[NaH]. The number of hydrogen-bond acceptors (Lipinski definition) is 2. The molecule has 1 saturated carbocycles. The molecule has 4 heteroatoms. The maximum absolute atomic E-state index is 12.3. The van der Waals surface area contributed by atoms with Gasteiger partial charge in [0, 0.05) is 12.8 Å². The molecule has 0 bridgehead atoms. The van der Waals surface area contributed by atoms with Gasteiger partial charge in [-0.2, -0.15) is 0 Å². The third-order valence-electron chi connectivity index (χ3n) is 1.41. The number of ketones is 2. The molecule has 0 aromatic heterocycles. The molecular formula is C6H8FNaO2. The van der Waals surface area contributed by atoms with E-state index in [0.717, 1.165) is 0 Å². The summed E-state index contributed by atoms with van der Waals surface area (Å²) in [5.41, 5.74) is 0. The van der Waals surface area contributed by atoms with Gasteiger partial charge in [-0.25, -0.2) is 4.39 Å². The zero-order valence-electron chi connectivity index (χ0n) is 4.89. The third-order valence-corrected chi connectivity index (χ3v) is 1.41. The van der Waals surface area contributed by atoms with Gasteiger partial charge in [0.2, 0.25) is 6.17 Å². The second kappa shape index (κ2) is 4.21. The van der Waals surface area contributed by atoms with Gasteiger partial charge in [0.25, 0.3) is 0 Å². The second-order valence-corrected chi connectivity index (χ2v) is 2.15. The number of carbonyl (C=O) groups excluding carboxylic acids is 2. The first-order valence-electron chi connectivity index (χ1n) is 2.91. The predicted octanol–water partition coefficient (Wildman–Crippen LogP) is -0.00190. The first-order chi connectivity index (χ1) is 4.22. The number of alkyl halides is 1. The van der Waals surface area contributed by atoms with E-state index in [1.165, 1.54) is 0 Å². The fourth-order valence-corrected chi connectivity index (χ4v) is 0.870. The average Bonchev–Trinajstić information content (AvgIpc) is 1.83. The molecule has 10 heavy (non-hydrogen) atoms. The van der Waals surface area contributed by atoms with Crippen molar-refractivity contribution in [2.75, 3.05) is 0 Å². The zero-order chi connectivity index (χ0) is 6.85. The van der Waals surface area contributed by atoms with Gasteiger partial charge in [0.05, 0.1) is 0 Å². The molecule has 1 aliphatic rings. The number of rotatable bonds is 0. The summed E-state index contributed by atoms with van der Waals surface area (Å²) in [5.74, 6) is -1.10. The minimum atomic E-state index is -1.81. The van der Waals surface area contributed by atoms with E-state index in [9.17, 15) is 14.0 Å². The Bertz CT molecular complexity index is 142. The molecule has 0 aromatic carbocycles. The van der Waals surface area contributed by atoms with Crippen LogP contribution >= 0.6 is 0 Å². The van der Waals surface area contributed by atoms with Gasteiger partial charge < -0.3 is 0 Å². The number of hydrogen-bond donors (Lipinski definition) is 0. The number of halogens is 1. The molecule has 0 unspecified atom stereocenters. The van der Waals surface area contributed by atoms with Crippen LogP contribution in [-0.2, 0) is 9.59 Å². The van der Waals surface area contributed by atoms with Crippen molar-refractivity contribution in [1.29, 1.82) is 0 Å². The molecule has 0 N–H and O–H groups in total. The summed E-state index contributed by atoms with van der Waals surface area (Å²) in [7, 11) is 0. The van der Waals surface area contributed by atoms with Crippen molar-refractivity contribution < 1.29 is 14.0 Å². The fraction of sp³-hybridized carbons (Fsp3) is 0.667. The summed E-state index contributed by atoms with van der Waals surface area (Å²) >= 11 is 0. The van der Waals surface area contributed by atoms with Crippen LogP contribution in [0.15, 0.2) is 0 Å². The second-order valence-electron chi connectivity index (χ2n) is 2.15. The zero-order valence-corrected chi connectivity index (χ0v) is 4.89. The predicted molar refractivity (Wildman–Crippen MR) is 35.9 cm³/mol. The molecule has 0 saturated heterocycles. The van der Waals surface area contributed by atoms with E-state index in [0.29, 0.717) is 6.42 Å². The molecule has 1 aliphatic carbocycles. The van der Waals surface area contributed by atoms with Crippen LogP contribution in [0.3, 0.4) is 0 Å². The quantitative estimate of drug-likeness (QED) is 0.363. The van der Waals surface area contributed by atoms with E-state index >= 15 is 0 Å². The van der Waals surface area contributed by atoms with Crippen LogP contribution in [-0.4, -0.2) is 47.3 Å². The summed E-state index contributed by atoms with van der Waals surface area (Å²) in [5, 5.41) is 0. The average molecular weight is 154 g/mol. The van der Waals surface area contributed by atoms with Crippen LogP contribution in [0.5, 0.6) is 0 Å². The van der Waals surface area contributed by atoms with Crippen molar-refractivity contribution in [2.24, 2.45) is 0 Å². The molecule has 0 atom stereocenters. The van der Waals surface area contributed by atoms with Crippen LogP contribution < -0.4 is 0 Å². The minimum absolute atomic E-state index is 0. The van der Waals surface area contributed by atoms with E-state index in [-0.39, 0.29) is 42.4 Å². The van der Waals surface area contributed by atoms with E-state index < -0.39 is 17.7 Å². The van der Waals surface area contributed by atoms with Crippen molar-refractivity contribution in [3.05, 3.63) is 0 Å². The first kappa shape index (κ1) is 10.3. The molecule has 1 fully saturated rings. The molecule has 0 spiro atoms. The Kier molecular flexibility index (Phi) is 4.32. The van der Waals surface area contributed by atoms with Gasteiger partial charge in [-0.1, -0.05) is 0 Å². The fourth-order valence-electron chi connectivity index (χ4n) is 0.870. The standard InChI is InChI=1S/C6H7FO2.Na.H/c7-6-4(8)2-1-3-5(6)9;;/h6H,1-3H2;;. The summed E-state index contributed by atoms with van der Waals surface area (Å²) < 4.78 is 12.3. The molecular weight excluding hydrogens is 146 g/mol. The van der Waals surface area contributed by atoms with Crippen molar-refractivity contribution in [3.63, 3.8) is 0 Å². The van der Waals surface area contributed by atoms with Gasteiger partial charge in [-0.3, -0.25) is 9.59 Å². The van der Waals surface area contributed by atoms with Crippen molar-refractivity contribution in [2.45, 2.75) is 25.4 Å². The molecule has 0 aliphatic heterocycles. The summed E-state index contributed by atoms with van der Waals surface area (Å²) in [6.45, 7) is 0. The van der Waals surface area contributed by atoms with Gasteiger partial charge in [0.1, 0.15) is 0 Å². The Morgan fingerprint density at radius 3 is 1.90 bits per heavy atom. The van der Waals surface area contributed by atoms with Crippen LogP contribution in [0.1, 0.15) is 19.3 Å². The number of carbonyl (C=O) groups is 2. The topological polar surface area (TPSA) is 34.1 Å². The number of Topliss-reactive ketones (excluding diaryl/α,β-unsaturated/α-hetero) is 2. The molecule has 0 amide bonds. The molecule has 52 valence electrons. The molecule has 1 rings (SSSR count). The van der Waals surface area contributed by atoms with Crippen LogP contribution in [0.25, 0.3) is 0 Å². The summed E-state index contributed by atoms with van der Waals surface area (Å²) in [6, 6.07) is 0. The Labute approximate surface area is 80.5 Å². The monoisotopic (exact) mass is 154 g/mol. The van der Waals surface area contributed by atoms with E-state index in [1.54, 1.807) is 0 Å². The normalized spacial score (nSPS) is 20.5. The van der Waals surface area contributed by atoms with Gasteiger partial charge >= 0.3 is 29.6 Å². The van der Waals surface area contributed by atoms with Gasteiger partial charge in [-0.05, 0) is 6.42 Å².